The Morgan fingerprint density at radius 2 is 2.00 bits per heavy atom. The average Bonchev–Trinajstić information content (AvgIpc) is 2.39. The predicted octanol–water partition coefficient (Wildman–Crippen LogP) is 2.54. The van der Waals surface area contributed by atoms with Crippen LogP contribution in [0.5, 0.6) is 5.88 Å². The zero-order chi connectivity index (χ0) is 13.0. The van der Waals surface area contributed by atoms with Crippen LogP contribution in [-0.4, -0.2) is 22.0 Å². The van der Waals surface area contributed by atoms with Gasteiger partial charge in [-0.05, 0) is 12.1 Å². The van der Waals surface area contributed by atoms with Crippen LogP contribution in [0.4, 0.5) is 5.69 Å². The topological polar surface area (TPSA) is 78.2 Å². The number of methoxy groups -OCH3 is 1. The molecule has 0 aliphatic carbocycles. The van der Waals surface area contributed by atoms with Gasteiger partial charge in [-0.1, -0.05) is 30.0 Å². The predicted molar refractivity (Wildman–Crippen MR) is 65.8 cm³/mol. The molecule has 0 N–H and O–H groups in total. The summed E-state index contributed by atoms with van der Waals surface area (Å²) in [5.74, 6) is -0.0339. The summed E-state index contributed by atoms with van der Waals surface area (Å²) in [4.78, 5) is 19.0. The molecule has 0 atom stereocenters. The molecule has 1 aromatic heterocycles. The number of hydrogen-bond donors (Lipinski definition) is 0. The number of nitrogens with zero attached hydrogens (tertiary/aromatic N) is 3. The molecule has 6 nitrogen and oxygen atoms in total. The summed E-state index contributed by atoms with van der Waals surface area (Å²) in [5, 5.41) is 11.3. The molecule has 0 saturated carbocycles. The van der Waals surface area contributed by atoms with Crippen LogP contribution in [0.3, 0.4) is 0 Å². The highest BCUT2D eigenvalue weighted by Gasteiger charge is 2.24. The molecular formula is C11H9N3O3S. The van der Waals surface area contributed by atoms with E-state index in [-0.39, 0.29) is 16.6 Å². The SMILES string of the molecule is COc1ncnc(Sc2ccccc2)c1[N+](=O)[O-]. The van der Waals surface area contributed by atoms with Gasteiger partial charge < -0.3 is 4.74 Å². The zero-order valence-corrected chi connectivity index (χ0v) is 10.3. The van der Waals surface area contributed by atoms with Gasteiger partial charge >= 0.3 is 5.69 Å². The third kappa shape index (κ3) is 2.57. The van der Waals surface area contributed by atoms with Crippen LogP contribution in [0.25, 0.3) is 0 Å². The van der Waals surface area contributed by atoms with Gasteiger partial charge in [0, 0.05) is 4.90 Å². The molecule has 1 aromatic carbocycles. The van der Waals surface area contributed by atoms with Crippen molar-refractivity contribution in [3.05, 3.63) is 46.8 Å². The van der Waals surface area contributed by atoms with E-state index in [2.05, 4.69) is 9.97 Å². The van der Waals surface area contributed by atoms with Crippen molar-refractivity contribution < 1.29 is 9.66 Å². The van der Waals surface area contributed by atoms with Crippen LogP contribution in [-0.2, 0) is 0 Å². The van der Waals surface area contributed by atoms with Gasteiger partial charge in [0.2, 0.25) is 0 Å². The van der Waals surface area contributed by atoms with E-state index in [0.29, 0.717) is 0 Å². The normalized spacial score (nSPS) is 10.1. The van der Waals surface area contributed by atoms with Crippen molar-refractivity contribution in [1.82, 2.24) is 9.97 Å². The Morgan fingerprint density at radius 1 is 1.28 bits per heavy atom. The van der Waals surface area contributed by atoms with Gasteiger partial charge in [0.1, 0.15) is 6.33 Å². The number of aromatic nitrogens is 2. The summed E-state index contributed by atoms with van der Waals surface area (Å²) in [6.07, 6.45) is 1.25. The van der Waals surface area contributed by atoms with Gasteiger partial charge in [-0.3, -0.25) is 10.1 Å². The van der Waals surface area contributed by atoms with E-state index in [4.69, 9.17) is 4.74 Å². The van der Waals surface area contributed by atoms with Crippen LogP contribution in [0, 0.1) is 10.1 Å². The van der Waals surface area contributed by atoms with E-state index in [9.17, 15) is 10.1 Å². The number of nitro groups is 1. The minimum atomic E-state index is -0.538. The van der Waals surface area contributed by atoms with Crippen molar-refractivity contribution in [2.75, 3.05) is 7.11 Å². The lowest BCUT2D eigenvalue weighted by Crippen LogP contribution is -1.99. The Morgan fingerprint density at radius 3 is 2.61 bits per heavy atom. The molecular weight excluding hydrogens is 254 g/mol. The second kappa shape index (κ2) is 5.46. The van der Waals surface area contributed by atoms with Gasteiger partial charge in [-0.25, -0.2) is 4.98 Å². The molecule has 0 amide bonds. The van der Waals surface area contributed by atoms with Crippen molar-refractivity contribution in [1.29, 1.82) is 0 Å². The molecule has 18 heavy (non-hydrogen) atoms. The molecule has 0 spiro atoms. The van der Waals surface area contributed by atoms with Gasteiger partial charge in [-0.2, -0.15) is 4.98 Å². The first-order chi connectivity index (χ1) is 8.72. The molecule has 0 aliphatic rings. The molecule has 2 rings (SSSR count). The Hall–Kier alpha value is -2.15. The number of ether oxygens (including phenoxy) is 1. The summed E-state index contributed by atoms with van der Waals surface area (Å²) in [6.45, 7) is 0. The second-order valence-electron chi connectivity index (χ2n) is 3.21. The first-order valence-corrected chi connectivity index (χ1v) is 5.80. The maximum atomic E-state index is 11.0. The maximum Gasteiger partial charge on any atom is 0.363 e. The molecule has 1 heterocycles. The lowest BCUT2D eigenvalue weighted by Gasteiger charge is -2.04. The number of benzene rings is 1. The first kappa shape index (κ1) is 12.3. The molecule has 0 unspecified atom stereocenters. The quantitative estimate of drug-likeness (QED) is 0.479. The zero-order valence-electron chi connectivity index (χ0n) is 9.44. The Balaban J connectivity index is 2.42. The monoisotopic (exact) mass is 263 g/mol. The maximum absolute atomic E-state index is 11.0. The fourth-order valence-electron chi connectivity index (χ4n) is 1.33. The van der Waals surface area contributed by atoms with E-state index >= 15 is 0 Å². The summed E-state index contributed by atoms with van der Waals surface area (Å²) < 4.78 is 4.88. The van der Waals surface area contributed by atoms with E-state index in [1.807, 2.05) is 30.3 Å². The third-order valence-electron chi connectivity index (χ3n) is 2.09. The lowest BCUT2D eigenvalue weighted by atomic mass is 10.4. The van der Waals surface area contributed by atoms with E-state index in [1.54, 1.807) is 0 Å². The van der Waals surface area contributed by atoms with Gasteiger partial charge in [0.25, 0.3) is 5.88 Å². The van der Waals surface area contributed by atoms with Gasteiger partial charge in [0.05, 0.1) is 12.0 Å². The summed E-state index contributed by atoms with van der Waals surface area (Å²) in [5.41, 5.74) is -0.214. The summed E-state index contributed by atoms with van der Waals surface area (Å²) in [7, 11) is 1.34. The van der Waals surface area contributed by atoms with Crippen LogP contribution in [0.2, 0.25) is 0 Å². The minimum Gasteiger partial charge on any atom is -0.476 e. The average molecular weight is 263 g/mol. The van der Waals surface area contributed by atoms with Crippen molar-refractivity contribution in [3.8, 4) is 5.88 Å². The largest absolute Gasteiger partial charge is 0.476 e. The third-order valence-corrected chi connectivity index (χ3v) is 3.09. The lowest BCUT2D eigenvalue weighted by molar-refractivity contribution is -0.389. The molecule has 92 valence electrons. The van der Waals surface area contributed by atoms with Crippen molar-refractivity contribution in [2.24, 2.45) is 0 Å². The van der Waals surface area contributed by atoms with Gasteiger partial charge in [0.15, 0.2) is 5.03 Å². The van der Waals surface area contributed by atoms with Crippen molar-refractivity contribution >= 4 is 17.4 Å². The van der Waals surface area contributed by atoms with E-state index in [0.717, 1.165) is 4.90 Å². The highest BCUT2D eigenvalue weighted by molar-refractivity contribution is 7.99. The highest BCUT2D eigenvalue weighted by Crippen LogP contribution is 2.37. The number of hydrogen-bond acceptors (Lipinski definition) is 6. The summed E-state index contributed by atoms with van der Waals surface area (Å²) in [6, 6.07) is 9.28. The fourth-order valence-corrected chi connectivity index (χ4v) is 2.20. The molecule has 0 saturated heterocycles. The fraction of sp³-hybridized carbons (Fsp3) is 0.0909. The summed E-state index contributed by atoms with van der Waals surface area (Å²) >= 11 is 1.20. The number of rotatable bonds is 4. The van der Waals surface area contributed by atoms with Crippen molar-refractivity contribution in [2.45, 2.75) is 9.92 Å². The Bertz CT molecular complexity index is 563. The highest BCUT2D eigenvalue weighted by atomic mass is 32.2. The first-order valence-electron chi connectivity index (χ1n) is 4.98. The molecule has 0 radical (unpaired) electrons. The van der Waals surface area contributed by atoms with Crippen molar-refractivity contribution in [3.63, 3.8) is 0 Å². The van der Waals surface area contributed by atoms with E-state index in [1.165, 1.54) is 25.2 Å². The molecule has 0 aliphatic heterocycles. The molecule has 0 fully saturated rings. The molecule has 0 bridgehead atoms. The van der Waals surface area contributed by atoms with Crippen LogP contribution < -0.4 is 4.74 Å². The standard InChI is InChI=1S/C11H9N3O3S/c1-17-10-9(14(15)16)11(13-7-12-10)18-8-5-3-2-4-6-8/h2-7H,1H3. The van der Waals surface area contributed by atoms with Crippen LogP contribution in [0.1, 0.15) is 0 Å². The minimum absolute atomic E-state index is 0.0339. The smallest absolute Gasteiger partial charge is 0.363 e. The molecule has 2 aromatic rings. The second-order valence-corrected chi connectivity index (χ2v) is 4.27. The van der Waals surface area contributed by atoms with Crippen LogP contribution in [0.15, 0.2) is 46.6 Å². The Kier molecular flexibility index (Phi) is 3.73. The van der Waals surface area contributed by atoms with Gasteiger partial charge in [-0.15, -0.1) is 0 Å². The van der Waals surface area contributed by atoms with E-state index < -0.39 is 4.92 Å². The molecule has 7 heteroatoms. The van der Waals surface area contributed by atoms with Crippen LogP contribution >= 0.6 is 11.8 Å². The Labute approximate surface area is 107 Å².